The van der Waals surface area contributed by atoms with Gasteiger partial charge in [-0.25, -0.2) is 4.39 Å². The number of guanidine groups is 1. The molecule has 1 aromatic rings. The van der Waals surface area contributed by atoms with Crippen molar-refractivity contribution in [1.29, 1.82) is 0 Å². The smallest absolute Gasteiger partial charge is 0.191 e. The van der Waals surface area contributed by atoms with Gasteiger partial charge < -0.3 is 15.5 Å². The van der Waals surface area contributed by atoms with Gasteiger partial charge in [0.1, 0.15) is 5.82 Å². The van der Waals surface area contributed by atoms with E-state index in [0.717, 1.165) is 18.7 Å². The molecule has 1 heterocycles. The molecular weight excluding hydrogens is 243 g/mol. The van der Waals surface area contributed by atoms with Crippen molar-refractivity contribution < 1.29 is 4.39 Å². The van der Waals surface area contributed by atoms with Gasteiger partial charge in [-0.05, 0) is 38.2 Å². The second-order valence-electron chi connectivity index (χ2n) is 5.22. The highest BCUT2D eigenvalue weighted by Gasteiger charge is 2.27. The van der Waals surface area contributed by atoms with E-state index < -0.39 is 0 Å². The second kappa shape index (κ2) is 5.57. The van der Waals surface area contributed by atoms with E-state index in [0.29, 0.717) is 18.1 Å². The maximum absolute atomic E-state index is 13.3. The molecule has 2 N–H and O–H groups in total. The first-order valence-electron chi connectivity index (χ1n) is 6.46. The van der Waals surface area contributed by atoms with Crippen molar-refractivity contribution in [1.82, 2.24) is 9.80 Å². The minimum Gasteiger partial charge on any atom is -0.370 e. The summed E-state index contributed by atoms with van der Waals surface area (Å²) in [7, 11) is 4.06. The van der Waals surface area contributed by atoms with E-state index in [-0.39, 0.29) is 11.9 Å². The molecule has 4 nitrogen and oxygen atoms in total. The fraction of sp³-hybridized carbons (Fsp3) is 0.500. The molecule has 0 spiro atoms. The molecular formula is C14H21FN4. The number of nitrogens with zero attached hydrogens (tertiary/aromatic N) is 3. The summed E-state index contributed by atoms with van der Waals surface area (Å²) in [5, 5.41) is 0. The van der Waals surface area contributed by atoms with E-state index in [9.17, 15) is 4.39 Å². The van der Waals surface area contributed by atoms with Crippen molar-refractivity contribution in [3.8, 4) is 0 Å². The van der Waals surface area contributed by atoms with Crippen LogP contribution in [-0.4, -0.2) is 49.5 Å². The molecule has 0 aromatic heterocycles. The van der Waals surface area contributed by atoms with E-state index in [1.807, 2.05) is 26.2 Å². The Hall–Kier alpha value is -1.62. The second-order valence-corrected chi connectivity index (χ2v) is 5.22. The van der Waals surface area contributed by atoms with Gasteiger partial charge in [-0.2, -0.15) is 0 Å². The lowest BCUT2D eigenvalue weighted by atomic mass is 10.0. The standard InChI is InChI=1S/C14H21FN4/c1-10-8-11(4-5-12(10)15)13-9-17-14(16)19(13)7-6-18(2)3/h4-5,8,13H,6-7,9H2,1-3H3,(H2,16,17). The molecule has 0 fully saturated rings. The van der Waals surface area contributed by atoms with Crippen LogP contribution in [0.3, 0.4) is 0 Å². The van der Waals surface area contributed by atoms with Crippen LogP contribution in [-0.2, 0) is 0 Å². The van der Waals surface area contributed by atoms with E-state index in [2.05, 4.69) is 14.8 Å². The quantitative estimate of drug-likeness (QED) is 0.893. The van der Waals surface area contributed by atoms with Crippen molar-refractivity contribution in [2.75, 3.05) is 33.7 Å². The van der Waals surface area contributed by atoms with Crippen LogP contribution in [0.5, 0.6) is 0 Å². The molecule has 0 aliphatic carbocycles. The summed E-state index contributed by atoms with van der Waals surface area (Å²) in [4.78, 5) is 8.51. The summed E-state index contributed by atoms with van der Waals surface area (Å²) in [5.41, 5.74) is 7.68. The maximum atomic E-state index is 13.3. The van der Waals surface area contributed by atoms with Crippen molar-refractivity contribution in [3.63, 3.8) is 0 Å². The molecule has 1 unspecified atom stereocenters. The summed E-state index contributed by atoms with van der Waals surface area (Å²) < 4.78 is 13.3. The van der Waals surface area contributed by atoms with E-state index >= 15 is 0 Å². The molecule has 0 bridgehead atoms. The maximum Gasteiger partial charge on any atom is 0.191 e. The van der Waals surface area contributed by atoms with Crippen molar-refractivity contribution in [2.45, 2.75) is 13.0 Å². The molecule has 19 heavy (non-hydrogen) atoms. The van der Waals surface area contributed by atoms with Crippen LogP contribution in [0.4, 0.5) is 4.39 Å². The van der Waals surface area contributed by atoms with Crippen LogP contribution in [0.25, 0.3) is 0 Å². The van der Waals surface area contributed by atoms with Crippen molar-refractivity contribution in [3.05, 3.63) is 35.1 Å². The van der Waals surface area contributed by atoms with Gasteiger partial charge in [0.2, 0.25) is 0 Å². The molecule has 0 radical (unpaired) electrons. The highest BCUT2D eigenvalue weighted by atomic mass is 19.1. The molecule has 1 atom stereocenters. The minimum absolute atomic E-state index is 0.124. The highest BCUT2D eigenvalue weighted by molar-refractivity contribution is 5.80. The lowest BCUT2D eigenvalue weighted by Crippen LogP contribution is -2.40. The Morgan fingerprint density at radius 1 is 1.47 bits per heavy atom. The summed E-state index contributed by atoms with van der Waals surface area (Å²) in [6.07, 6.45) is 0. The number of aliphatic imine (C=N–C) groups is 1. The Kier molecular flexibility index (Phi) is 4.04. The third-order valence-corrected chi connectivity index (χ3v) is 3.45. The Morgan fingerprint density at radius 2 is 2.21 bits per heavy atom. The largest absolute Gasteiger partial charge is 0.370 e. The predicted molar refractivity (Wildman–Crippen MR) is 75.6 cm³/mol. The van der Waals surface area contributed by atoms with Crippen molar-refractivity contribution >= 4 is 5.96 Å². The molecule has 2 rings (SSSR count). The number of rotatable bonds is 4. The number of nitrogens with two attached hydrogens (primary N) is 1. The van der Waals surface area contributed by atoms with Crippen LogP contribution < -0.4 is 5.73 Å². The average Bonchev–Trinajstić information content (AvgIpc) is 2.71. The van der Waals surface area contributed by atoms with E-state index in [1.165, 1.54) is 6.07 Å². The lowest BCUT2D eigenvalue weighted by molar-refractivity contribution is 0.293. The van der Waals surface area contributed by atoms with Crippen LogP contribution in [0.1, 0.15) is 17.2 Å². The van der Waals surface area contributed by atoms with Gasteiger partial charge in [0, 0.05) is 13.1 Å². The number of hydrogen-bond acceptors (Lipinski definition) is 4. The topological polar surface area (TPSA) is 44.9 Å². The number of likely N-dealkylation sites (N-methyl/N-ethyl adjacent to an activating group) is 1. The fourth-order valence-corrected chi connectivity index (χ4v) is 2.27. The summed E-state index contributed by atoms with van der Waals surface area (Å²) >= 11 is 0. The Morgan fingerprint density at radius 3 is 2.84 bits per heavy atom. The number of aryl methyl sites for hydroxylation is 1. The van der Waals surface area contributed by atoms with Gasteiger partial charge in [0.15, 0.2) is 5.96 Å². The fourth-order valence-electron chi connectivity index (χ4n) is 2.27. The molecule has 0 saturated heterocycles. The third kappa shape index (κ3) is 3.04. The van der Waals surface area contributed by atoms with Crippen LogP contribution in [0.15, 0.2) is 23.2 Å². The Balaban J connectivity index is 2.16. The van der Waals surface area contributed by atoms with Gasteiger partial charge in [0.05, 0.1) is 12.6 Å². The number of benzene rings is 1. The van der Waals surface area contributed by atoms with E-state index in [4.69, 9.17) is 5.73 Å². The molecule has 0 saturated carbocycles. The van der Waals surface area contributed by atoms with E-state index in [1.54, 1.807) is 6.92 Å². The molecule has 104 valence electrons. The zero-order valence-electron chi connectivity index (χ0n) is 11.7. The first-order valence-corrected chi connectivity index (χ1v) is 6.46. The zero-order valence-corrected chi connectivity index (χ0v) is 11.7. The van der Waals surface area contributed by atoms with Crippen LogP contribution >= 0.6 is 0 Å². The summed E-state index contributed by atoms with van der Waals surface area (Å²) in [6.45, 7) is 4.16. The highest BCUT2D eigenvalue weighted by Crippen LogP contribution is 2.26. The Labute approximate surface area is 113 Å². The summed E-state index contributed by atoms with van der Waals surface area (Å²) in [5.74, 6) is 0.407. The molecule has 1 aromatic carbocycles. The molecule has 0 amide bonds. The Bertz CT molecular complexity index is 484. The molecule has 1 aliphatic rings. The van der Waals surface area contributed by atoms with Gasteiger partial charge in [-0.1, -0.05) is 12.1 Å². The monoisotopic (exact) mass is 264 g/mol. The van der Waals surface area contributed by atoms with Gasteiger partial charge in [-0.3, -0.25) is 4.99 Å². The lowest BCUT2D eigenvalue weighted by Gasteiger charge is -2.28. The SMILES string of the molecule is Cc1cc(C2CN=C(N)N2CCN(C)C)ccc1F. The average molecular weight is 264 g/mol. The normalized spacial score (nSPS) is 19.1. The van der Waals surface area contributed by atoms with Crippen molar-refractivity contribution in [2.24, 2.45) is 10.7 Å². The molecule has 1 aliphatic heterocycles. The summed E-state index contributed by atoms with van der Waals surface area (Å²) in [6, 6.07) is 5.35. The first kappa shape index (κ1) is 13.8. The number of halogens is 1. The van der Waals surface area contributed by atoms with Gasteiger partial charge in [0.25, 0.3) is 0 Å². The van der Waals surface area contributed by atoms with Gasteiger partial charge >= 0.3 is 0 Å². The zero-order chi connectivity index (χ0) is 14.0. The first-order chi connectivity index (χ1) is 8.99. The number of hydrogen-bond donors (Lipinski definition) is 1. The minimum atomic E-state index is -0.171. The van der Waals surface area contributed by atoms with Gasteiger partial charge in [-0.15, -0.1) is 0 Å². The molecule has 5 heteroatoms. The third-order valence-electron chi connectivity index (χ3n) is 3.45. The van der Waals surface area contributed by atoms with Crippen LogP contribution in [0.2, 0.25) is 0 Å². The van der Waals surface area contributed by atoms with Crippen LogP contribution in [0, 0.1) is 12.7 Å². The predicted octanol–water partition coefficient (Wildman–Crippen LogP) is 1.37.